The van der Waals surface area contributed by atoms with Crippen molar-refractivity contribution in [2.45, 2.75) is 20.8 Å². The molecule has 4 rings (SSSR count). The third-order valence-electron chi connectivity index (χ3n) is 4.25. The van der Waals surface area contributed by atoms with Crippen molar-refractivity contribution in [1.82, 2.24) is 24.4 Å². The van der Waals surface area contributed by atoms with Gasteiger partial charge in [0.15, 0.2) is 11.4 Å². The van der Waals surface area contributed by atoms with Crippen LogP contribution >= 0.6 is 11.3 Å². The van der Waals surface area contributed by atoms with Crippen LogP contribution in [0.1, 0.15) is 26.6 Å². The topological polar surface area (TPSA) is 114 Å². The van der Waals surface area contributed by atoms with Gasteiger partial charge in [-0.15, -0.1) is 5.10 Å². The second-order valence-corrected chi connectivity index (χ2v) is 7.48. The van der Waals surface area contributed by atoms with E-state index < -0.39 is 17.2 Å². The minimum Gasteiger partial charge on any atom is -0.505 e. The van der Waals surface area contributed by atoms with E-state index in [1.165, 1.54) is 11.3 Å². The standard InChI is InChI=1S/C18H16N6O3S/c1-9-5-4-6-12(7-9)24-14(26)8-13(25)15(21-24)16(27)19-17-20-18-23(22-17)10(2)11(3)28-18/h4-8,25H,1-3H3,(H,19,22,27). The minimum absolute atomic E-state index is 0.0915. The molecule has 10 heteroatoms. The second-order valence-electron chi connectivity index (χ2n) is 6.29. The first-order valence-corrected chi connectivity index (χ1v) is 9.19. The highest BCUT2D eigenvalue weighted by molar-refractivity contribution is 7.17. The Morgan fingerprint density at radius 3 is 2.68 bits per heavy atom. The Hall–Kier alpha value is -3.53. The van der Waals surface area contributed by atoms with Crippen molar-refractivity contribution in [2.24, 2.45) is 0 Å². The number of hydrogen-bond acceptors (Lipinski definition) is 7. The lowest BCUT2D eigenvalue weighted by Gasteiger charge is -2.08. The number of rotatable bonds is 3. The summed E-state index contributed by atoms with van der Waals surface area (Å²) in [7, 11) is 0. The SMILES string of the molecule is Cc1cccc(-n2nc(C(=O)Nc3nc4sc(C)c(C)n4n3)c(O)cc2=O)c1. The van der Waals surface area contributed by atoms with Crippen LogP contribution < -0.4 is 10.9 Å². The quantitative estimate of drug-likeness (QED) is 0.549. The lowest BCUT2D eigenvalue weighted by Crippen LogP contribution is -2.25. The summed E-state index contributed by atoms with van der Waals surface area (Å²) < 4.78 is 2.70. The first-order chi connectivity index (χ1) is 13.3. The number of fused-ring (bicyclic) bond motifs is 1. The summed E-state index contributed by atoms with van der Waals surface area (Å²) in [6.45, 7) is 5.75. The number of hydrogen-bond donors (Lipinski definition) is 2. The Kier molecular flexibility index (Phi) is 4.19. The molecule has 0 aliphatic carbocycles. The molecule has 3 aromatic heterocycles. The van der Waals surface area contributed by atoms with Gasteiger partial charge in [-0.2, -0.15) is 14.8 Å². The van der Waals surface area contributed by atoms with E-state index in [0.29, 0.717) is 10.6 Å². The molecule has 0 saturated heterocycles. The Bertz CT molecular complexity index is 1290. The van der Waals surface area contributed by atoms with Gasteiger partial charge in [0.25, 0.3) is 17.4 Å². The zero-order chi connectivity index (χ0) is 20.0. The number of nitrogens with one attached hydrogen (secondary N) is 1. The van der Waals surface area contributed by atoms with E-state index in [1.807, 2.05) is 26.8 Å². The number of aryl methyl sites for hydroxylation is 3. The predicted octanol–water partition coefficient (Wildman–Crippen LogP) is 2.22. The fraction of sp³-hybridized carbons (Fsp3) is 0.167. The Morgan fingerprint density at radius 1 is 1.18 bits per heavy atom. The summed E-state index contributed by atoms with van der Waals surface area (Å²) in [5.74, 6) is -1.14. The van der Waals surface area contributed by atoms with E-state index in [9.17, 15) is 14.7 Å². The average Bonchev–Trinajstić information content (AvgIpc) is 3.13. The summed E-state index contributed by atoms with van der Waals surface area (Å²) in [5, 5.41) is 20.9. The van der Waals surface area contributed by atoms with Crippen LogP contribution in [0.5, 0.6) is 5.75 Å². The van der Waals surface area contributed by atoms with Crippen molar-refractivity contribution in [3.63, 3.8) is 0 Å². The Labute approximate surface area is 162 Å². The van der Waals surface area contributed by atoms with Crippen molar-refractivity contribution in [3.05, 3.63) is 62.5 Å². The number of thiazole rings is 1. The predicted molar refractivity (Wildman–Crippen MR) is 105 cm³/mol. The molecular formula is C18H16N6O3S. The van der Waals surface area contributed by atoms with Gasteiger partial charge >= 0.3 is 0 Å². The first kappa shape index (κ1) is 17.9. The maximum absolute atomic E-state index is 12.6. The molecule has 3 heterocycles. The fourth-order valence-corrected chi connectivity index (χ4v) is 3.61. The van der Waals surface area contributed by atoms with Crippen LogP contribution in [0.2, 0.25) is 0 Å². The molecule has 142 valence electrons. The maximum Gasteiger partial charge on any atom is 0.282 e. The van der Waals surface area contributed by atoms with Gasteiger partial charge in [0.05, 0.1) is 11.4 Å². The van der Waals surface area contributed by atoms with E-state index in [4.69, 9.17) is 0 Å². The Balaban J connectivity index is 1.70. The average molecular weight is 396 g/mol. The summed E-state index contributed by atoms with van der Waals surface area (Å²) in [6.07, 6.45) is 0. The lowest BCUT2D eigenvalue weighted by atomic mass is 10.2. The van der Waals surface area contributed by atoms with Gasteiger partial charge < -0.3 is 5.11 Å². The number of aromatic nitrogens is 5. The van der Waals surface area contributed by atoms with Crippen molar-refractivity contribution in [3.8, 4) is 11.4 Å². The highest BCUT2D eigenvalue weighted by atomic mass is 32.1. The van der Waals surface area contributed by atoms with E-state index in [1.54, 1.807) is 22.7 Å². The zero-order valence-corrected chi connectivity index (χ0v) is 16.1. The van der Waals surface area contributed by atoms with E-state index in [0.717, 1.165) is 26.9 Å². The van der Waals surface area contributed by atoms with E-state index in [-0.39, 0.29) is 11.6 Å². The third-order valence-corrected chi connectivity index (χ3v) is 5.30. The molecule has 0 radical (unpaired) electrons. The molecule has 0 atom stereocenters. The molecule has 28 heavy (non-hydrogen) atoms. The van der Waals surface area contributed by atoms with Gasteiger partial charge in [0.1, 0.15) is 0 Å². The highest BCUT2D eigenvalue weighted by Crippen LogP contribution is 2.22. The van der Waals surface area contributed by atoms with Crippen molar-refractivity contribution in [2.75, 3.05) is 5.32 Å². The van der Waals surface area contributed by atoms with Gasteiger partial charge in [0.2, 0.25) is 4.96 Å². The largest absolute Gasteiger partial charge is 0.505 e. The number of benzene rings is 1. The molecular weight excluding hydrogens is 380 g/mol. The summed E-state index contributed by atoms with van der Waals surface area (Å²) >= 11 is 1.46. The van der Waals surface area contributed by atoms with Gasteiger partial charge in [-0.1, -0.05) is 23.5 Å². The summed E-state index contributed by atoms with van der Waals surface area (Å²) in [6, 6.07) is 8.05. The number of carbonyl (C=O) groups excluding carboxylic acids is 1. The van der Waals surface area contributed by atoms with Crippen molar-refractivity contribution in [1.29, 1.82) is 0 Å². The Morgan fingerprint density at radius 2 is 1.96 bits per heavy atom. The van der Waals surface area contributed by atoms with Gasteiger partial charge in [-0.25, -0.2) is 4.52 Å². The minimum atomic E-state index is -0.716. The van der Waals surface area contributed by atoms with Gasteiger partial charge in [0, 0.05) is 10.9 Å². The van der Waals surface area contributed by atoms with Crippen LogP contribution in [0.3, 0.4) is 0 Å². The number of aromatic hydroxyl groups is 1. The van der Waals surface area contributed by atoms with Crippen LogP contribution in [0.4, 0.5) is 5.95 Å². The molecule has 0 fully saturated rings. The van der Waals surface area contributed by atoms with E-state index >= 15 is 0 Å². The second kappa shape index (κ2) is 6.57. The summed E-state index contributed by atoms with van der Waals surface area (Å²) in [4.78, 5) is 30.8. The van der Waals surface area contributed by atoms with E-state index in [2.05, 4.69) is 20.5 Å². The zero-order valence-electron chi connectivity index (χ0n) is 15.3. The fourth-order valence-electron chi connectivity index (χ4n) is 2.71. The summed E-state index contributed by atoms with van der Waals surface area (Å²) in [5.41, 5.74) is 1.50. The van der Waals surface area contributed by atoms with Crippen LogP contribution in [-0.4, -0.2) is 35.4 Å². The molecule has 4 aromatic rings. The van der Waals surface area contributed by atoms with Crippen LogP contribution in [0.15, 0.2) is 35.1 Å². The molecule has 0 aliphatic rings. The van der Waals surface area contributed by atoms with Crippen LogP contribution in [0.25, 0.3) is 10.6 Å². The third kappa shape index (κ3) is 3.03. The van der Waals surface area contributed by atoms with Gasteiger partial charge in [-0.05, 0) is 38.5 Å². The molecule has 1 amide bonds. The van der Waals surface area contributed by atoms with Crippen LogP contribution in [-0.2, 0) is 0 Å². The highest BCUT2D eigenvalue weighted by Gasteiger charge is 2.19. The molecule has 0 aliphatic heterocycles. The molecule has 0 saturated carbocycles. The lowest BCUT2D eigenvalue weighted by molar-refractivity contribution is 0.101. The number of carbonyl (C=O) groups is 1. The normalized spacial score (nSPS) is 11.1. The van der Waals surface area contributed by atoms with Crippen molar-refractivity contribution >= 4 is 28.2 Å². The smallest absolute Gasteiger partial charge is 0.282 e. The number of anilines is 1. The van der Waals surface area contributed by atoms with Crippen LogP contribution in [0, 0.1) is 20.8 Å². The maximum atomic E-state index is 12.6. The first-order valence-electron chi connectivity index (χ1n) is 8.38. The number of amides is 1. The monoisotopic (exact) mass is 396 g/mol. The van der Waals surface area contributed by atoms with Gasteiger partial charge in [-0.3, -0.25) is 14.9 Å². The molecule has 2 N–H and O–H groups in total. The van der Waals surface area contributed by atoms with Crippen molar-refractivity contribution < 1.29 is 9.90 Å². The molecule has 1 aromatic carbocycles. The molecule has 0 bridgehead atoms. The molecule has 9 nitrogen and oxygen atoms in total. The molecule has 0 unspecified atom stereocenters. The molecule has 0 spiro atoms. The number of nitrogens with zero attached hydrogens (tertiary/aromatic N) is 5.